The average molecular weight is 458 g/mol. The van der Waals surface area contributed by atoms with Crippen LogP contribution in [0.3, 0.4) is 0 Å². The van der Waals surface area contributed by atoms with E-state index in [4.69, 9.17) is 14.2 Å². The van der Waals surface area contributed by atoms with Gasteiger partial charge in [0.1, 0.15) is 5.60 Å². The molecule has 0 aromatic heterocycles. The molecule has 9 heteroatoms. The molecule has 0 spiro atoms. The van der Waals surface area contributed by atoms with E-state index in [2.05, 4.69) is 16.0 Å². The lowest BCUT2D eigenvalue weighted by atomic mass is 10.1. The Kier molecular flexibility index (Phi) is 9.08. The minimum atomic E-state index is -0.611. The van der Waals surface area contributed by atoms with Crippen molar-refractivity contribution in [3.05, 3.63) is 48.0 Å². The average Bonchev–Trinajstić information content (AvgIpc) is 2.73. The molecule has 0 saturated heterocycles. The molecule has 2 aromatic rings. The van der Waals surface area contributed by atoms with Gasteiger partial charge < -0.3 is 30.2 Å². The van der Waals surface area contributed by atoms with Crippen molar-refractivity contribution in [1.82, 2.24) is 5.32 Å². The lowest BCUT2D eigenvalue weighted by molar-refractivity contribution is -0.116. The van der Waals surface area contributed by atoms with Crippen LogP contribution in [0.5, 0.6) is 11.5 Å². The third-order valence-electron chi connectivity index (χ3n) is 4.31. The summed E-state index contributed by atoms with van der Waals surface area (Å²) in [5.41, 5.74) is 1.07. The molecule has 0 aliphatic carbocycles. The molecule has 0 bridgehead atoms. The molecule has 0 saturated carbocycles. The Morgan fingerprint density at radius 3 is 2.03 bits per heavy atom. The van der Waals surface area contributed by atoms with Crippen LogP contribution in [-0.2, 0) is 20.7 Å². The summed E-state index contributed by atoms with van der Waals surface area (Å²) in [4.78, 5) is 36.5. The van der Waals surface area contributed by atoms with Crippen molar-refractivity contribution in [2.24, 2.45) is 0 Å². The number of amides is 3. The molecule has 3 amide bonds. The van der Waals surface area contributed by atoms with Crippen LogP contribution >= 0.6 is 0 Å². The van der Waals surface area contributed by atoms with Crippen LogP contribution in [0, 0.1) is 0 Å². The van der Waals surface area contributed by atoms with Gasteiger partial charge in [0.25, 0.3) is 0 Å². The summed E-state index contributed by atoms with van der Waals surface area (Å²) >= 11 is 0. The number of anilines is 2. The predicted octanol–water partition coefficient (Wildman–Crippen LogP) is 3.74. The van der Waals surface area contributed by atoms with E-state index in [0.29, 0.717) is 22.9 Å². The van der Waals surface area contributed by atoms with Crippen molar-refractivity contribution in [3.8, 4) is 11.5 Å². The molecule has 33 heavy (non-hydrogen) atoms. The van der Waals surface area contributed by atoms with Crippen LogP contribution in [0.25, 0.3) is 0 Å². The minimum Gasteiger partial charge on any atom is -0.493 e. The zero-order chi connectivity index (χ0) is 24.4. The van der Waals surface area contributed by atoms with Gasteiger partial charge in [-0.2, -0.15) is 0 Å². The quantitative estimate of drug-likeness (QED) is 0.528. The first-order valence-electron chi connectivity index (χ1n) is 10.5. The first-order chi connectivity index (χ1) is 15.6. The summed E-state index contributed by atoms with van der Waals surface area (Å²) in [7, 11) is 3.08. The molecule has 3 N–H and O–H groups in total. The first-order valence-corrected chi connectivity index (χ1v) is 10.5. The Hall–Kier alpha value is -3.75. The zero-order valence-corrected chi connectivity index (χ0v) is 19.6. The normalized spacial score (nSPS) is 10.7. The highest BCUT2D eigenvalue weighted by Crippen LogP contribution is 2.28. The van der Waals surface area contributed by atoms with Gasteiger partial charge in [0.05, 0.1) is 32.0 Å². The molecular weight excluding hydrogens is 426 g/mol. The molecule has 0 heterocycles. The molecule has 0 fully saturated rings. The standard InChI is InChI=1S/C24H31N3O6/c1-24(2,3)33-23(30)25-13-12-21(28)26-17-8-6-7-9-18(17)27-22(29)15-16-10-11-19(31-4)20(14-16)32-5/h6-11,14H,12-13,15H2,1-5H3,(H,25,30)(H,26,28)(H,27,29). The number of ether oxygens (including phenoxy) is 3. The maximum absolute atomic E-state index is 12.6. The van der Waals surface area contributed by atoms with E-state index in [1.54, 1.807) is 70.3 Å². The Balaban J connectivity index is 1.92. The van der Waals surface area contributed by atoms with Crippen molar-refractivity contribution in [1.29, 1.82) is 0 Å². The van der Waals surface area contributed by atoms with Crippen molar-refractivity contribution < 1.29 is 28.6 Å². The molecular formula is C24H31N3O6. The van der Waals surface area contributed by atoms with Crippen molar-refractivity contribution in [2.75, 3.05) is 31.4 Å². The summed E-state index contributed by atoms with van der Waals surface area (Å²) in [6.45, 7) is 5.40. The monoisotopic (exact) mass is 457 g/mol. The smallest absolute Gasteiger partial charge is 0.407 e. The molecule has 2 aromatic carbocycles. The maximum Gasteiger partial charge on any atom is 0.407 e. The van der Waals surface area contributed by atoms with E-state index in [9.17, 15) is 14.4 Å². The highest BCUT2D eigenvalue weighted by atomic mass is 16.6. The van der Waals surface area contributed by atoms with Gasteiger partial charge in [0.15, 0.2) is 11.5 Å². The van der Waals surface area contributed by atoms with Gasteiger partial charge in [-0.25, -0.2) is 4.79 Å². The highest BCUT2D eigenvalue weighted by molar-refractivity contribution is 6.00. The SMILES string of the molecule is COc1ccc(CC(=O)Nc2ccccc2NC(=O)CCNC(=O)OC(C)(C)C)cc1OC. The fraction of sp³-hybridized carbons (Fsp3) is 0.375. The van der Waals surface area contributed by atoms with E-state index in [0.717, 1.165) is 5.56 Å². The van der Waals surface area contributed by atoms with Crippen molar-refractivity contribution in [2.45, 2.75) is 39.2 Å². The van der Waals surface area contributed by atoms with Crippen LogP contribution in [0.1, 0.15) is 32.8 Å². The number of rotatable bonds is 9. The van der Waals surface area contributed by atoms with Crippen molar-refractivity contribution in [3.63, 3.8) is 0 Å². The maximum atomic E-state index is 12.6. The summed E-state index contributed by atoms with van der Waals surface area (Å²) in [6, 6.07) is 12.1. The Morgan fingerprint density at radius 1 is 0.848 bits per heavy atom. The summed E-state index contributed by atoms with van der Waals surface area (Å²) < 4.78 is 15.6. The largest absolute Gasteiger partial charge is 0.493 e. The molecule has 0 aliphatic heterocycles. The number of benzene rings is 2. The Morgan fingerprint density at radius 2 is 1.45 bits per heavy atom. The fourth-order valence-electron chi connectivity index (χ4n) is 2.88. The van der Waals surface area contributed by atoms with Crippen LogP contribution in [-0.4, -0.2) is 44.3 Å². The molecule has 2 rings (SSSR count). The number of carbonyl (C=O) groups is 3. The summed E-state index contributed by atoms with van der Waals surface area (Å²) in [5.74, 6) is 0.550. The molecule has 0 radical (unpaired) electrons. The number of alkyl carbamates (subject to hydrolysis) is 1. The van der Waals surface area contributed by atoms with E-state index < -0.39 is 11.7 Å². The predicted molar refractivity (Wildman–Crippen MR) is 126 cm³/mol. The number of carbonyl (C=O) groups excluding carboxylic acids is 3. The third-order valence-corrected chi connectivity index (χ3v) is 4.31. The second-order valence-corrected chi connectivity index (χ2v) is 8.19. The van der Waals surface area contributed by atoms with Gasteiger partial charge in [-0.15, -0.1) is 0 Å². The van der Waals surface area contributed by atoms with Gasteiger partial charge in [-0.3, -0.25) is 9.59 Å². The highest BCUT2D eigenvalue weighted by Gasteiger charge is 2.16. The molecule has 0 atom stereocenters. The van der Waals surface area contributed by atoms with Gasteiger partial charge >= 0.3 is 6.09 Å². The molecule has 178 valence electrons. The Labute approximate surface area is 193 Å². The van der Waals surface area contributed by atoms with E-state index >= 15 is 0 Å². The van der Waals surface area contributed by atoms with Crippen LogP contribution in [0.4, 0.5) is 16.2 Å². The van der Waals surface area contributed by atoms with E-state index in [1.165, 1.54) is 7.11 Å². The summed E-state index contributed by atoms with van der Waals surface area (Å²) in [6.07, 6.45) is -0.423. The topological polar surface area (TPSA) is 115 Å². The molecule has 0 unspecified atom stereocenters. The van der Waals surface area contributed by atoms with Gasteiger partial charge in [0, 0.05) is 13.0 Å². The Bertz CT molecular complexity index is 984. The first kappa shape index (κ1) is 25.5. The number of methoxy groups -OCH3 is 2. The lowest BCUT2D eigenvalue weighted by Crippen LogP contribution is -2.34. The third kappa shape index (κ3) is 8.72. The van der Waals surface area contributed by atoms with Crippen LogP contribution in [0.2, 0.25) is 0 Å². The van der Waals surface area contributed by atoms with Gasteiger partial charge in [-0.05, 0) is 50.6 Å². The van der Waals surface area contributed by atoms with E-state index in [-0.39, 0.29) is 31.2 Å². The van der Waals surface area contributed by atoms with E-state index in [1.807, 2.05) is 0 Å². The summed E-state index contributed by atoms with van der Waals surface area (Å²) in [5, 5.41) is 8.10. The minimum absolute atomic E-state index is 0.0488. The fourth-order valence-corrected chi connectivity index (χ4v) is 2.88. The zero-order valence-electron chi connectivity index (χ0n) is 19.6. The number of hydrogen-bond acceptors (Lipinski definition) is 6. The van der Waals surface area contributed by atoms with Gasteiger partial charge in [0.2, 0.25) is 11.8 Å². The number of para-hydroxylation sites is 2. The van der Waals surface area contributed by atoms with Crippen LogP contribution < -0.4 is 25.4 Å². The molecule has 0 aliphatic rings. The van der Waals surface area contributed by atoms with Crippen molar-refractivity contribution >= 4 is 29.3 Å². The molecule has 9 nitrogen and oxygen atoms in total. The number of hydrogen-bond donors (Lipinski definition) is 3. The lowest BCUT2D eigenvalue weighted by Gasteiger charge is -2.19. The second-order valence-electron chi connectivity index (χ2n) is 8.19. The van der Waals surface area contributed by atoms with Gasteiger partial charge in [-0.1, -0.05) is 18.2 Å². The van der Waals surface area contributed by atoms with Crippen LogP contribution in [0.15, 0.2) is 42.5 Å². The second kappa shape index (κ2) is 11.8. The number of nitrogens with one attached hydrogen (secondary N) is 3.